The minimum Gasteiger partial charge on any atom is -0.463 e. The van der Waals surface area contributed by atoms with Gasteiger partial charge < -0.3 is 14.4 Å². The van der Waals surface area contributed by atoms with Crippen molar-refractivity contribution in [1.29, 1.82) is 0 Å². The Balaban J connectivity index is 1.62. The highest BCUT2D eigenvalue weighted by molar-refractivity contribution is 5.68. The SMILES string of the molecule is Cc1ccnc(OCCCC2CCN(C(=O)OC(C)(C)C)CC2)n1. The first-order valence-electron chi connectivity index (χ1n) is 8.74. The number of aryl methyl sites for hydroxylation is 1. The Hall–Kier alpha value is -1.85. The Labute approximate surface area is 144 Å². The minimum absolute atomic E-state index is 0.194. The van der Waals surface area contributed by atoms with Crippen LogP contribution in [0.3, 0.4) is 0 Å². The normalized spacial score (nSPS) is 16.1. The average Bonchev–Trinajstić information content (AvgIpc) is 2.50. The molecule has 6 nitrogen and oxygen atoms in total. The maximum atomic E-state index is 12.0. The van der Waals surface area contributed by atoms with Crippen LogP contribution in [0.5, 0.6) is 6.01 Å². The van der Waals surface area contributed by atoms with Gasteiger partial charge in [-0.1, -0.05) is 0 Å². The molecule has 1 fully saturated rings. The Kier molecular flexibility index (Phi) is 6.40. The van der Waals surface area contributed by atoms with Gasteiger partial charge in [0.05, 0.1) is 6.61 Å². The highest BCUT2D eigenvalue weighted by Gasteiger charge is 2.26. The van der Waals surface area contributed by atoms with Crippen molar-refractivity contribution in [3.8, 4) is 6.01 Å². The number of piperidine rings is 1. The summed E-state index contributed by atoms with van der Waals surface area (Å²) < 4.78 is 11.0. The van der Waals surface area contributed by atoms with E-state index in [9.17, 15) is 4.79 Å². The van der Waals surface area contributed by atoms with Crippen LogP contribution in [0.15, 0.2) is 12.3 Å². The lowest BCUT2D eigenvalue weighted by Gasteiger charge is -2.33. The van der Waals surface area contributed by atoms with Crippen LogP contribution in [-0.2, 0) is 4.74 Å². The lowest BCUT2D eigenvalue weighted by atomic mass is 9.92. The van der Waals surface area contributed by atoms with Crippen LogP contribution in [0.2, 0.25) is 0 Å². The summed E-state index contributed by atoms with van der Waals surface area (Å²) in [5, 5.41) is 0. The smallest absolute Gasteiger partial charge is 0.410 e. The van der Waals surface area contributed by atoms with E-state index in [-0.39, 0.29) is 6.09 Å². The van der Waals surface area contributed by atoms with E-state index in [0.29, 0.717) is 18.5 Å². The summed E-state index contributed by atoms with van der Waals surface area (Å²) in [6, 6.07) is 2.31. The van der Waals surface area contributed by atoms with E-state index in [4.69, 9.17) is 9.47 Å². The molecular weight excluding hydrogens is 306 g/mol. The fourth-order valence-electron chi connectivity index (χ4n) is 2.76. The quantitative estimate of drug-likeness (QED) is 0.769. The fraction of sp³-hybridized carbons (Fsp3) is 0.722. The van der Waals surface area contributed by atoms with Crippen molar-refractivity contribution in [1.82, 2.24) is 14.9 Å². The zero-order valence-corrected chi connectivity index (χ0v) is 15.2. The summed E-state index contributed by atoms with van der Waals surface area (Å²) in [5.41, 5.74) is 0.484. The lowest BCUT2D eigenvalue weighted by Crippen LogP contribution is -2.41. The predicted molar refractivity (Wildman–Crippen MR) is 92.0 cm³/mol. The van der Waals surface area contributed by atoms with Crippen molar-refractivity contribution in [2.24, 2.45) is 5.92 Å². The minimum atomic E-state index is -0.427. The molecule has 1 saturated heterocycles. The summed E-state index contributed by atoms with van der Waals surface area (Å²) in [5.74, 6) is 0.644. The fourth-order valence-corrected chi connectivity index (χ4v) is 2.76. The number of rotatable bonds is 5. The van der Waals surface area contributed by atoms with Crippen LogP contribution in [0.25, 0.3) is 0 Å². The number of amides is 1. The molecule has 134 valence electrons. The first-order valence-corrected chi connectivity index (χ1v) is 8.74. The van der Waals surface area contributed by atoms with Gasteiger partial charge in [-0.3, -0.25) is 0 Å². The Bertz CT molecular complexity index is 535. The summed E-state index contributed by atoms with van der Waals surface area (Å²) in [7, 11) is 0. The highest BCUT2D eigenvalue weighted by Crippen LogP contribution is 2.23. The van der Waals surface area contributed by atoms with Gasteiger partial charge in [-0.05, 0) is 65.4 Å². The monoisotopic (exact) mass is 335 g/mol. The van der Waals surface area contributed by atoms with Gasteiger partial charge in [-0.2, -0.15) is 0 Å². The molecule has 0 saturated carbocycles. The summed E-state index contributed by atoms with van der Waals surface area (Å²) in [6.45, 7) is 9.81. The third-order valence-corrected chi connectivity index (χ3v) is 4.03. The first-order chi connectivity index (χ1) is 11.3. The van der Waals surface area contributed by atoms with Crippen molar-refractivity contribution < 1.29 is 14.3 Å². The van der Waals surface area contributed by atoms with Gasteiger partial charge in [0.15, 0.2) is 0 Å². The molecule has 0 atom stereocenters. The van der Waals surface area contributed by atoms with Crippen LogP contribution in [-0.4, -0.2) is 46.3 Å². The topological polar surface area (TPSA) is 64.5 Å². The van der Waals surface area contributed by atoms with Crippen molar-refractivity contribution in [3.05, 3.63) is 18.0 Å². The largest absolute Gasteiger partial charge is 0.463 e. The summed E-state index contributed by atoms with van der Waals surface area (Å²) in [6.07, 6.45) is 5.66. The maximum Gasteiger partial charge on any atom is 0.410 e. The van der Waals surface area contributed by atoms with Gasteiger partial charge in [0.1, 0.15) is 5.60 Å². The number of aromatic nitrogens is 2. The van der Waals surface area contributed by atoms with Crippen molar-refractivity contribution in [3.63, 3.8) is 0 Å². The second kappa shape index (κ2) is 8.31. The average molecular weight is 335 g/mol. The molecule has 0 aromatic carbocycles. The second-order valence-electron chi connectivity index (χ2n) is 7.38. The van der Waals surface area contributed by atoms with Gasteiger partial charge in [-0.15, -0.1) is 0 Å². The molecule has 0 aliphatic carbocycles. The van der Waals surface area contributed by atoms with Crippen LogP contribution in [0.4, 0.5) is 4.79 Å². The van der Waals surface area contributed by atoms with Gasteiger partial charge in [0.2, 0.25) is 0 Å². The van der Waals surface area contributed by atoms with E-state index < -0.39 is 5.60 Å². The van der Waals surface area contributed by atoms with E-state index in [1.165, 1.54) is 0 Å². The maximum absolute atomic E-state index is 12.0. The second-order valence-corrected chi connectivity index (χ2v) is 7.38. The molecule has 6 heteroatoms. The Morgan fingerprint density at radius 1 is 1.33 bits per heavy atom. The third-order valence-electron chi connectivity index (χ3n) is 4.03. The summed E-state index contributed by atoms with van der Waals surface area (Å²) in [4.78, 5) is 22.2. The molecule has 24 heavy (non-hydrogen) atoms. The van der Waals surface area contributed by atoms with Crippen molar-refractivity contribution >= 4 is 6.09 Å². The molecule has 2 rings (SSSR count). The molecule has 0 N–H and O–H groups in total. The number of carbonyl (C=O) groups is 1. The molecule has 0 bridgehead atoms. The zero-order valence-electron chi connectivity index (χ0n) is 15.2. The standard InChI is InChI=1S/C18H29N3O3/c1-14-7-10-19-16(20-14)23-13-5-6-15-8-11-21(12-9-15)17(22)24-18(2,3)4/h7,10,15H,5-6,8-9,11-13H2,1-4H3. The molecule has 1 aliphatic rings. The molecule has 1 aromatic rings. The predicted octanol–water partition coefficient (Wildman–Crippen LogP) is 3.59. The molecule has 0 radical (unpaired) electrons. The van der Waals surface area contributed by atoms with E-state index in [2.05, 4.69) is 9.97 Å². The van der Waals surface area contributed by atoms with Crippen molar-refractivity contribution in [2.45, 2.75) is 59.0 Å². The van der Waals surface area contributed by atoms with Crippen LogP contribution in [0, 0.1) is 12.8 Å². The van der Waals surface area contributed by atoms with E-state index >= 15 is 0 Å². The van der Waals surface area contributed by atoms with Gasteiger partial charge >= 0.3 is 12.1 Å². The van der Waals surface area contributed by atoms with Gasteiger partial charge in [-0.25, -0.2) is 14.8 Å². The molecule has 1 aromatic heterocycles. The van der Waals surface area contributed by atoms with E-state index in [0.717, 1.165) is 44.5 Å². The Morgan fingerprint density at radius 3 is 2.67 bits per heavy atom. The molecule has 1 amide bonds. The number of ether oxygens (including phenoxy) is 2. The van der Waals surface area contributed by atoms with Gasteiger partial charge in [0.25, 0.3) is 0 Å². The molecule has 0 unspecified atom stereocenters. The highest BCUT2D eigenvalue weighted by atomic mass is 16.6. The van der Waals surface area contributed by atoms with E-state index in [1.807, 2.05) is 38.7 Å². The third kappa shape index (κ3) is 6.34. The molecule has 0 spiro atoms. The van der Waals surface area contributed by atoms with Crippen molar-refractivity contribution in [2.75, 3.05) is 19.7 Å². The zero-order chi connectivity index (χ0) is 17.6. The summed E-state index contributed by atoms with van der Waals surface area (Å²) >= 11 is 0. The Morgan fingerprint density at radius 2 is 2.04 bits per heavy atom. The van der Waals surface area contributed by atoms with E-state index in [1.54, 1.807) is 6.20 Å². The number of nitrogens with zero attached hydrogens (tertiary/aromatic N) is 3. The number of hydrogen-bond donors (Lipinski definition) is 0. The molecule has 1 aliphatic heterocycles. The van der Waals surface area contributed by atoms with Crippen LogP contribution in [0.1, 0.15) is 52.1 Å². The van der Waals surface area contributed by atoms with Gasteiger partial charge in [0, 0.05) is 25.0 Å². The lowest BCUT2D eigenvalue weighted by molar-refractivity contribution is 0.0179. The molecule has 2 heterocycles. The number of carbonyl (C=O) groups excluding carboxylic acids is 1. The number of likely N-dealkylation sites (tertiary alicyclic amines) is 1. The van der Waals surface area contributed by atoms with Crippen LogP contribution >= 0.6 is 0 Å². The number of hydrogen-bond acceptors (Lipinski definition) is 5. The molecular formula is C18H29N3O3. The first kappa shape index (κ1) is 18.5. The van der Waals surface area contributed by atoms with Crippen LogP contribution < -0.4 is 4.74 Å².